The highest BCUT2D eigenvalue weighted by Crippen LogP contribution is 2.36. The van der Waals surface area contributed by atoms with Gasteiger partial charge in [-0.15, -0.1) is 0 Å². The van der Waals surface area contributed by atoms with Crippen molar-refractivity contribution in [2.24, 2.45) is 7.05 Å². The molecule has 2 nitrogen and oxygen atoms in total. The Bertz CT molecular complexity index is 606. The molecule has 0 saturated heterocycles. The SMILES string of the molecule is CCc1cc(CC(CBr)(CBr)c2ccccc2Cl)n(C)n1. The summed E-state index contributed by atoms with van der Waals surface area (Å²) in [5.41, 5.74) is 3.44. The van der Waals surface area contributed by atoms with E-state index in [-0.39, 0.29) is 5.41 Å². The van der Waals surface area contributed by atoms with Crippen LogP contribution in [0.1, 0.15) is 23.9 Å². The van der Waals surface area contributed by atoms with Crippen LogP contribution >= 0.6 is 43.5 Å². The fourth-order valence-corrected chi connectivity index (χ4v) is 4.78. The van der Waals surface area contributed by atoms with Crippen molar-refractivity contribution in [3.8, 4) is 0 Å². The van der Waals surface area contributed by atoms with E-state index in [0.29, 0.717) is 0 Å². The largest absolute Gasteiger partial charge is 0.272 e. The van der Waals surface area contributed by atoms with E-state index in [2.05, 4.69) is 56.0 Å². The molecule has 0 N–H and O–H groups in total. The molecule has 0 radical (unpaired) electrons. The maximum Gasteiger partial charge on any atom is 0.0624 e. The third-order valence-corrected chi connectivity index (χ3v) is 6.34. The first-order valence-electron chi connectivity index (χ1n) is 6.95. The number of hydrogen-bond donors (Lipinski definition) is 0. The zero-order chi connectivity index (χ0) is 15.5. The van der Waals surface area contributed by atoms with Crippen LogP contribution in [0.15, 0.2) is 30.3 Å². The van der Waals surface area contributed by atoms with Gasteiger partial charge in [0.2, 0.25) is 0 Å². The lowest BCUT2D eigenvalue weighted by Crippen LogP contribution is -2.34. The lowest BCUT2D eigenvalue weighted by molar-refractivity contribution is 0.523. The molecule has 0 aliphatic carbocycles. The van der Waals surface area contributed by atoms with Crippen molar-refractivity contribution in [2.75, 3.05) is 10.7 Å². The minimum Gasteiger partial charge on any atom is -0.272 e. The molecule has 21 heavy (non-hydrogen) atoms. The van der Waals surface area contributed by atoms with Crippen LogP contribution in [0.4, 0.5) is 0 Å². The summed E-state index contributed by atoms with van der Waals surface area (Å²) in [4.78, 5) is 0. The Morgan fingerprint density at radius 1 is 1.24 bits per heavy atom. The van der Waals surface area contributed by atoms with Gasteiger partial charge >= 0.3 is 0 Å². The van der Waals surface area contributed by atoms with Gasteiger partial charge in [0, 0.05) is 40.3 Å². The second-order valence-corrected chi connectivity index (χ2v) is 6.84. The molecule has 0 fully saturated rings. The Kier molecular flexibility index (Phi) is 5.92. The van der Waals surface area contributed by atoms with Crippen LogP contribution in [-0.2, 0) is 25.3 Å². The zero-order valence-corrected chi connectivity index (χ0v) is 16.2. The smallest absolute Gasteiger partial charge is 0.0624 e. The van der Waals surface area contributed by atoms with Gasteiger partial charge in [0.15, 0.2) is 0 Å². The molecule has 2 aromatic rings. The Hall–Kier alpha value is -0.320. The standard InChI is InChI=1S/C16H19Br2ClN2/c1-3-12-8-13(21(2)20-12)9-16(10-17,11-18)14-6-4-5-7-15(14)19/h4-8H,3,9-11H2,1-2H3. The van der Waals surface area contributed by atoms with Gasteiger partial charge in [0.05, 0.1) is 5.69 Å². The molecule has 5 heteroatoms. The number of alkyl halides is 2. The van der Waals surface area contributed by atoms with Crippen molar-refractivity contribution in [1.29, 1.82) is 0 Å². The fraction of sp³-hybridized carbons (Fsp3) is 0.438. The predicted molar refractivity (Wildman–Crippen MR) is 97.0 cm³/mol. The van der Waals surface area contributed by atoms with Crippen LogP contribution in [0.25, 0.3) is 0 Å². The number of hydrogen-bond acceptors (Lipinski definition) is 1. The zero-order valence-electron chi connectivity index (χ0n) is 12.2. The number of benzene rings is 1. The molecule has 114 valence electrons. The van der Waals surface area contributed by atoms with Crippen molar-refractivity contribution in [3.63, 3.8) is 0 Å². The number of aromatic nitrogens is 2. The van der Waals surface area contributed by atoms with Gasteiger partial charge in [-0.3, -0.25) is 4.68 Å². The summed E-state index contributed by atoms with van der Waals surface area (Å²) >= 11 is 13.8. The summed E-state index contributed by atoms with van der Waals surface area (Å²) in [6, 6.07) is 10.3. The molecule has 0 saturated carbocycles. The van der Waals surface area contributed by atoms with Gasteiger partial charge in [-0.25, -0.2) is 0 Å². The van der Waals surface area contributed by atoms with E-state index in [1.165, 1.54) is 11.3 Å². The van der Waals surface area contributed by atoms with Crippen molar-refractivity contribution in [1.82, 2.24) is 9.78 Å². The molecule has 0 bridgehead atoms. The van der Waals surface area contributed by atoms with E-state index in [1.54, 1.807) is 0 Å². The number of nitrogens with zero attached hydrogens (tertiary/aromatic N) is 2. The highest BCUT2D eigenvalue weighted by Gasteiger charge is 2.33. The Morgan fingerprint density at radius 3 is 2.43 bits per heavy atom. The number of rotatable bonds is 6. The maximum absolute atomic E-state index is 6.44. The third-order valence-electron chi connectivity index (χ3n) is 3.87. The molecule has 1 heterocycles. The number of halogens is 3. The van der Waals surface area contributed by atoms with E-state index in [0.717, 1.165) is 34.2 Å². The van der Waals surface area contributed by atoms with Crippen LogP contribution < -0.4 is 0 Å². The quantitative estimate of drug-likeness (QED) is 0.591. The van der Waals surface area contributed by atoms with Gasteiger partial charge < -0.3 is 0 Å². The van der Waals surface area contributed by atoms with Crippen LogP contribution in [0.3, 0.4) is 0 Å². The Morgan fingerprint density at radius 2 is 1.90 bits per heavy atom. The summed E-state index contributed by atoms with van der Waals surface area (Å²) < 4.78 is 1.98. The normalized spacial score (nSPS) is 11.9. The van der Waals surface area contributed by atoms with Gasteiger partial charge in [-0.05, 0) is 24.1 Å². The highest BCUT2D eigenvalue weighted by atomic mass is 79.9. The topological polar surface area (TPSA) is 17.8 Å². The molecular formula is C16H19Br2ClN2. The molecule has 0 atom stereocenters. The van der Waals surface area contributed by atoms with E-state index >= 15 is 0 Å². The summed E-state index contributed by atoms with van der Waals surface area (Å²) in [7, 11) is 2.01. The first kappa shape index (κ1) is 17.0. The lowest BCUT2D eigenvalue weighted by atomic mass is 9.80. The van der Waals surface area contributed by atoms with Crippen molar-refractivity contribution < 1.29 is 0 Å². The fourth-order valence-electron chi connectivity index (χ4n) is 2.52. The van der Waals surface area contributed by atoms with Crippen LogP contribution in [0.2, 0.25) is 5.02 Å². The highest BCUT2D eigenvalue weighted by molar-refractivity contribution is 9.09. The maximum atomic E-state index is 6.44. The molecule has 1 aromatic carbocycles. The third kappa shape index (κ3) is 3.54. The molecule has 0 spiro atoms. The lowest BCUT2D eigenvalue weighted by Gasteiger charge is -2.31. The minimum absolute atomic E-state index is 0.0862. The summed E-state index contributed by atoms with van der Waals surface area (Å²) in [6.07, 6.45) is 1.84. The number of aryl methyl sites for hydroxylation is 2. The molecular weight excluding hydrogens is 415 g/mol. The van der Waals surface area contributed by atoms with E-state index < -0.39 is 0 Å². The average Bonchev–Trinajstić information content (AvgIpc) is 2.86. The second kappa shape index (κ2) is 7.30. The molecule has 0 amide bonds. The van der Waals surface area contributed by atoms with Crippen molar-refractivity contribution in [2.45, 2.75) is 25.2 Å². The molecule has 0 aliphatic rings. The predicted octanol–water partition coefficient (Wildman–Crippen LogP) is 4.91. The average molecular weight is 435 g/mol. The van der Waals surface area contributed by atoms with Crippen LogP contribution in [0.5, 0.6) is 0 Å². The minimum atomic E-state index is -0.0862. The molecule has 1 aromatic heterocycles. The van der Waals surface area contributed by atoms with Gasteiger partial charge in [-0.2, -0.15) is 5.10 Å². The molecule has 2 rings (SSSR count). The Balaban J connectivity index is 2.43. The first-order chi connectivity index (χ1) is 10.1. The van der Waals surface area contributed by atoms with E-state index in [4.69, 9.17) is 11.6 Å². The molecule has 0 aliphatic heterocycles. The summed E-state index contributed by atoms with van der Waals surface area (Å²) in [5, 5.41) is 7.04. The first-order valence-corrected chi connectivity index (χ1v) is 9.57. The molecule has 0 unspecified atom stereocenters. The summed E-state index contributed by atoms with van der Waals surface area (Å²) in [5.74, 6) is 0. The van der Waals surface area contributed by atoms with E-state index in [9.17, 15) is 0 Å². The summed E-state index contributed by atoms with van der Waals surface area (Å²) in [6.45, 7) is 2.13. The van der Waals surface area contributed by atoms with E-state index in [1.807, 2.05) is 29.9 Å². The second-order valence-electron chi connectivity index (χ2n) is 5.31. The van der Waals surface area contributed by atoms with Gasteiger partial charge in [-0.1, -0.05) is 68.6 Å². The van der Waals surface area contributed by atoms with Crippen LogP contribution in [-0.4, -0.2) is 20.4 Å². The van der Waals surface area contributed by atoms with Gasteiger partial charge in [0.1, 0.15) is 0 Å². The monoisotopic (exact) mass is 432 g/mol. The van der Waals surface area contributed by atoms with Crippen molar-refractivity contribution >= 4 is 43.5 Å². The van der Waals surface area contributed by atoms with Gasteiger partial charge in [0.25, 0.3) is 0 Å². The van der Waals surface area contributed by atoms with Crippen molar-refractivity contribution in [3.05, 3.63) is 52.3 Å². The van der Waals surface area contributed by atoms with Crippen LogP contribution in [0, 0.1) is 0 Å². The Labute approximate surface area is 148 Å².